The van der Waals surface area contributed by atoms with Crippen molar-refractivity contribution in [1.82, 2.24) is 9.78 Å². The number of nitrogens with one attached hydrogen (secondary N) is 1. The van der Waals surface area contributed by atoms with E-state index in [9.17, 15) is 9.18 Å². The molecule has 0 spiro atoms. The summed E-state index contributed by atoms with van der Waals surface area (Å²) >= 11 is 6.44. The molecule has 0 radical (unpaired) electrons. The molecule has 1 aliphatic carbocycles. The number of benzene rings is 2. The SMILES string of the molecule is Cc1nn(Cc2ccc(F)cc2)c(Cl)c1C(=O)Nc1ccc(OC2CCCC2)cc1. The highest BCUT2D eigenvalue weighted by atomic mass is 35.5. The zero-order valence-corrected chi connectivity index (χ0v) is 17.5. The lowest BCUT2D eigenvalue weighted by Gasteiger charge is -2.13. The Morgan fingerprint density at radius 3 is 2.50 bits per heavy atom. The minimum Gasteiger partial charge on any atom is -0.490 e. The first-order chi connectivity index (χ1) is 14.5. The summed E-state index contributed by atoms with van der Waals surface area (Å²) < 4.78 is 20.6. The molecule has 0 unspecified atom stereocenters. The monoisotopic (exact) mass is 427 g/mol. The zero-order valence-electron chi connectivity index (χ0n) is 16.7. The van der Waals surface area contributed by atoms with Gasteiger partial charge < -0.3 is 10.1 Å². The molecule has 156 valence electrons. The van der Waals surface area contributed by atoms with E-state index in [1.165, 1.54) is 29.7 Å². The summed E-state index contributed by atoms with van der Waals surface area (Å²) in [5.74, 6) is 0.176. The van der Waals surface area contributed by atoms with E-state index >= 15 is 0 Å². The molecule has 2 aromatic carbocycles. The minimum absolute atomic E-state index is 0.246. The van der Waals surface area contributed by atoms with Crippen molar-refractivity contribution < 1.29 is 13.9 Å². The van der Waals surface area contributed by atoms with Crippen LogP contribution in [0.4, 0.5) is 10.1 Å². The average Bonchev–Trinajstić information content (AvgIpc) is 3.33. The molecular weight excluding hydrogens is 405 g/mol. The largest absolute Gasteiger partial charge is 0.490 e. The molecule has 0 aliphatic heterocycles. The number of anilines is 1. The Balaban J connectivity index is 1.44. The number of aryl methyl sites for hydroxylation is 1. The van der Waals surface area contributed by atoms with Gasteiger partial charge in [-0.3, -0.25) is 4.79 Å². The highest BCUT2D eigenvalue weighted by molar-refractivity contribution is 6.33. The molecule has 4 rings (SSSR count). The first-order valence-electron chi connectivity index (χ1n) is 10.0. The van der Waals surface area contributed by atoms with Gasteiger partial charge in [-0.25, -0.2) is 9.07 Å². The standard InChI is InChI=1S/C23H23ClFN3O2/c1-15-21(22(24)28(27-15)14-16-6-8-17(25)9-7-16)23(29)26-18-10-12-20(13-11-18)30-19-4-2-3-5-19/h6-13,19H,2-5,14H2,1H3,(H,26,29). The molecular formula is C23H23ClFN3O2. The summed E-state index contributed by atoms with van der Waals surface area (Å²) in [5.41, 5.74) is 2.34. The van der Waals surface area contributed by atoms with E-state index in [0.717, 1.165) is 24.2 Å². The van der Waals surface area contributed by atoms with E-state index in [4.69, 9.17) is 16.3 Å². The molecule has 1 fully saturated rings. The number of halogens is 2. The van der Waals surface area contributed by atoms with Gasteiger partial charge in [0.25, 0.3) is 5.91 Å². The predicted molar refractivity (Wildman–Crippen MR) is 115 cm³/mol. The fourth-order valence-corrected chi connectivity index (χ4v) is 4.01. The lowest BCUT2D eigenvalue weighted by molar-refractivity contribution is 0.102. The van der Waals surface area contributed by atoms with Gasteiger partial charge in [-0.05, 0) is 74.6 Å². The van der Waals surface area contributed by atoms with E-state index in [2.05, 4.69) is 10.4 Å². The van der Waals surface area contributed by atoms with Crippen LogP contribution in [0.2, 0.25) is 5.15 Å². The summed E-state index contributed by atoms with van der Waals surface area (Å²) in [6, 6.07) is 13.4. The zero-order chi connectivity index (χ0) is 21.1. The van der Waals surface area contributed by atoms with Crippen LogP contribution in [-0.4, -0.2) is 21.8 Å². The lowest BCUT2D eigenvalue weighted by Crippen LogP contribution is -2.14. The highest BCUT2D eigenvalue weighted by Gasteiger charge is 2.21. The van der Waals surface area contributed by atoms with Crippen LogP contribution in [0.25, 0.3) is 0 Å². The lowest BCUT2D eigenvalue weighted by atomic mass is 10.2. The topological polar surface area (TPSA) is 56.2 Å². The number of carbonyl (C=O) groups excluding carboxylic acids is 1. The normalized spacial score (nSPS) is 14.1. The average molecular weight is 428 g/mol. The Labute approximate surface area is 179 Å². The van der Waals surface area contributed by atoms with E-state index in [-0.39, 0.29) is 16.9 Å². The van der Waals surface area contributed by atoms with E-state index in [1.54, 1.807) is 19.1 Å². The number of amides is 1. The van der Waals surface area contributed by atoms with Gasteiger partial charge in [-0.15, -0.1) is 0 Å². The van der Waals surface area contributed by atoms with Crippen molar-refractivity contribution in [3.8, 4) is 5.75 Å². The number of nitrogens with zero attached hydrogens (tertiary/aromatic N) is 2. The molecule has 0 saturated heterocycles. The van der Waals surface area contributed by atoms with Crippen molar-refractivity contribution in [2.45, 2.75) is 45.3 Å². The number of ether oxygens (including phenoxy) is 1. The maximum Gasteiger partial charge on any atom is 0.260 e. The van der Waals surface area contributed by atoms with Gasteiger partial charge in [0.05, 0.1) is 23.9 Å². The fraction of sp³-hybridized carbons (Fsp3) is 0.304. The van der Waals surface area contributed by atoms with Crippen molar-refractivity contribution in [1.29, 1.82) is 0 Å². The molecule has 7 heteroatoms. The van der Waals surface area contributed by atoms with Crippen molar-refractivity contribution >= 4 is 23.2 Å². The third-order valence-electron chi connectivity index (χ3n) is 5.26. The van der Waals surface area contributed by atoms with Crippen LogP contribution in [-0.2, 0) is 6.54 Å². The van der Waals surface area contributed by atoms with Crippen molar-refractivity contribution in [2.75, 3.05) is 5.32 Å². The van der Waals surface area contributed by atoms with Gasteiger partial charge in [0.1, 0.15) is 16.7 Å². The molecule has 1 heterocycles. The molecule has 0 bridgehead atoms. The molecule has 1 aromatic heterocycles. The smallest absolute Gasteiger partial charge is 0.260 e. The third-order valence-corrected chi connectivity index (χ3v) is 5.64. The van der Waals surface area contributed by atoms with E-state index < -0.39 is 0 Å². The summed E-state index contributed by atoms with van der Waals surface area (Å²) in [7, 11) is 0. The molecule has 30 heavy (non-hydrogen) atoms. The van der Waals surface area contributed by atoms with Crippen LogP contribution in [0.15, 0.2) is 48.5 Å². The number of hydrogen-bond acceptors (Lipinski definition) is 3. The van der Waals surface area contributed by atoms with Crippen LogP contribution < -0.4 is 10.1 Å². The maximum absolute atomic E-state index is 13.1. The van der Waals surface area contributed by atoms with Gasteiger partial charge in [-0.1, -0.05) is 23.7 Å². The van der Waals surface area contributed by atoms with E-state index in [1.807, 2.05) is 24.3 Å². The Kier molecular flexibility index (Phi) is 6.04. The number of carbonyl (C=O) groups is 1. The molecule has 1 N–H and O–H groups in total. The van der Waals surface area contributed by atoms with Gasteiger partial charge >= 0.3 is 0 Å². The third kappa shape index (κ3) is 4.65. The molecule has 1 amide bonds. The Bertz CT molecular complexity index is 1030. The van der Waals surface area contributed by atoms with Crippen LogP contribution in [0, 0.1) is 12.7 Å². The van der Waals surface area contributed by atoms with Crippen LogP contribution in [0.1, 0.15) is 47.3 Å². The summed E-state index contributed by atoms with van der Waals surface area (Å²) in [6.07, 6.45) is 4.91. The molecule has 3 aromatic rings. The van der Waals surface area contributed by atoms with Crippen LogP contribution >= 0.6 is 11.6 Å². The Morgan fingerprint density at radius 1 is 1.17 bits per heavy atom. The summed E-state index contributed by atoms with van der Waals surface area (Å²) in [4.78, 5) is 12.8. The Morgan fingerprint density at radius 2 is 1.83 bits per heavy atom. The second-order valence-corrected chi connectivity index (χ2v) is 7.90. The van der Waals surface area contributed by atoms with Gasteiger partial charge in [0.2, 0.25) is 0 Å². The number of rotatable bonds is 6. The van der Waals surface area contributed by atoms with Crippen LogP contribution in [0.5, 0.6) is 5.75 Å². The second-order valence-electron chi connectivity index (χ2n) is 7.54. The van der Waals surface area contributed by atoms with Crippen LogP contribution in [0.3, 0.4) is 0 Å². The van der Waals surface area contributed by atoms with Gasteiger partial charge in [0.15, 0.2) is 0 Å². The maximum atomic E-state index is 13.1. The molecule has 0 atom stereocenters. The summed E-state index contributed by atoms with van der Waals surface area (Å²) in [5, 5.41) is 7.48. The van der Waals surface area contributed by atoms with E-state index in [0.29, 0.717) is 29.6 Å². The molecule has 5 nitrogen and oxygen atoms in total. The van der Waals surface area contributed by atoms with Gasteiger partial charge in [0, 0.05) is 5.69 Å². The predicted octanol–water partition coefficient (Wildman–Crippen LogP) is 5.61. The minimum atomic E-state index is -0.327. The van der Waals surface area contributed by atoms with Gasteiger partial charge in [-0.2, -0.15) is 5.10 Å². The fourth-order valence-electron chi connectivity index (χ4n) is 3.69. The summed E-state index contributed by atoms with van der Waals surface area (Å²) in [6.45, 7) is 2.08. The first kappa shape index (κ1) is 20.4. The number of hydrogen-bond donors (Lipinski definition) is 1. The first-order valence-corrected chi connectivity index (χ1v) is 10.4. The number of aromatic nitrogens is 2. The quantitative estimate of drug-likeness (QED) is 0.556. The van der Waals surface area contributed by atoms with Crippen molar-refractivity contribution in [3.63, 3.8) is 0 Å². The Hall–Kier alpha value is -2.86. The molecule has 1 saturated carbocycles. The highest BCUT2D eigenvalue weighted by Crippen LogP contribution is 2.26. The van der Waals surface area contributed by atoms with Crippen molar-refractivity contribution in [2.24, 2.45) is 0 Å². The second kappa shape index (κ2) is 8.88. The van der Waals surface area contributed by atoms with Crippen molar-refractivity contribution in [3.05, 3.63) is 76.3 Å². The molecule has 1 aliphatic rings.